The summed E-state index contributed by atoms with van der Waals surface area (Å²) in [6.45, 7) is 3.72. The lowest BCUT2D eigenvalue weighted by molar-refractivity contribution is -0.122. The minimum absolute atomic E-state index is 0.0939. The molecule has 0 aliphatic rings. The van der Waals surface area contributed by atoms with E-state index in [4.69, 9.17) is 5.11 Å². The number of rotatable bonds is 7. The van der Waals surface area contributed by atoms with E-state index in [2.05, 4.69) is 10.0 Å². The summed E-state index contributed by atoms with van der Waals surface area (Å²) in [4.78, 5) is 22.2. The Morgan fingerprint density at radius 3 is 2.48 bits per heavy atom. The van der Waals surface area contributed by atoms with Gasteiger partial charge < -0.3 is 10.4 Å². The topological polar surface area (TPSA) is 113 Å². The molecule has 1 amide bonds. The van der Waals surface area contributed by atoms with Gasteiger partial charge in [-0.2, -0.15) is 4.72 Å². The molecule has 0 fully saturated rings. The molecule has 9 heteroatoms. The van der Waals surface area contributed by atoms with Crippen molar-refractivity contribution in [1.29, 1.82) is 0 Å². The van der Waals surface area contributed by atoms with Crippen molar-refractivity contribution in [1.82, 2.24) is 10.0 Å². The van der Waals surface area contributed by atoms with E-state index in [1.165, 1.54) is 18.5 Å². The molecule has 7 nitrogen and oxygen atoms in total. The summed E-state index contributed by atoms with van der Waals surface area (Å²) in [5.74, 6) is -1.68. The van der Waals surface area contributed by atoms with Gasteiger partial charge in [0.2, 0.25) is 15.9 Å². The zero-order valence-corrected chi connectivity index (χ0v) is 13.5. The van der Waals surface area contributed by atoms with Gasteiger partial charge >= 0.3 is 5.97 Å². The van der Waals surface area contributed by atoms with Crippen molar-refractivity contribution >= 4 is 33.2 Å². The summed E-state index contributed by atoms with van der Waals surface area (Å²) in [7, 11) is -2.66. The van der Waals surface area contributed by atoms with E-state index < -0.39 is 27.9 Å². The van der Waals surface area contributed by atoms with Crippen molar-refractivity contribution in [2.24, 2.45) is 5.92 Å². The molecule has 0 aliphatic heterocycles. The van der Waals surface area contributed by atoms with E-state index in [1.54, 1.807) is 0 Å². The Labute approximate surface area is 127 Å². The third-order valence-electron chi connectivity index (χ3n) is 2.68. The van der Waals surface area contributed by atoms with E-state index in [1.807, 2.05) is 13.8 Å². The van der Waals surface area contributed by atoms with Crippen LogP contribution in [0, 0.1) is 5.92 Å². The quantitative estimate of drug-likeness (QED) is 0.685. The first-order chi connectivity index (χ1) is 9.69. The van der Waals surface area contributed by atoms with E-state index in [0.29, 0.717) is 6.42 Å². The predicted molar refractivity (Wildman–Crippen MR) is 78.9 cm³/mol. The van der Waals surface area contributed by atoms with Crippen molar-refractivity contribution in [2.45, 2.75) is 31.2 Å². The van der Waals surface area contributed by atoms with Crippen molar-refractivity contribution in [3.63, 3.8) is 0 Å². The first kappa shape index (κ1) is 17.6. The van der Waals surface area contributed by atoms with Crippen LogP contribution < -0.4 is 10.0 Å². The van der Waals surface area contributed by atoms with Gasteiger partial charge in [-0.05, 0) is 23.8 Å². The highest BCUT2D eigenvalue weighted by Crippen LogP contribution is 2.22. The van der Waals surface area contributed by atoms with Crippen molar-refractivity contribution in [3.8, 4) is 0 Å². The first-order valence-corrected chi connectivity index (χ1v) is 8.60. The van der Waals surface area contributed by atoms with E-state index >= 15 is 0 Å². The molecule has 3 N–H and O–H groups in total. The average Bonchev–Trinajstić information content (AvgIpc) is 2.86. The molecular weight excluding hydrogens is 316 g/mol. The average molecular weight is 334 g/mol. The Bertz CT molecular complexity index is 621. The maximum Gasteiger partial charge on any atom is 0.347 e. The molecule has 0 bridgehead atoms. The number of carbonyl (C=O) groups is 2. The summed E-state index contributed by atoms with van der Waals surface area (Å²) in [6.07, 6.45) is 0.311. The molecular formula is C12H18N2O5S2. The molecule has 1 unspecified atom stereocenters. The van der Waals surface area contributed by atoms with Gasteiger partial charge in [0, 0.05) is 7.05 Å². The van der Waals surface area contributed by atoms with Crippen LogP contribution in [0.4, 0.5) is 0 Å². The number of hydrogen-bond acceptors (Lipinski definition) is 5. The molecule has 1 rings (SSSR count). The van der Waals surface area contributed by atoms with Crippen LogP contribution in [0.2, 0.25) is 0 Å². The highest BCUT2D eigenvalue weighted by atomic mass is 32.2. The van der Waals surface area contributed by atoms with Gasteiger partial charge in [0.05, 0.1) is 0 Å². The second-order valence-electron chi connectivity index (χ2n) is 4.84. The number of carboxylic acids is 1. The van der Waals surface area contributed by atoms with Gasteiger partial charge in [0.25, 0.3) is 0 Å². The molecule has 1 atom stereocenters. The Balaban J connectivity index is 3.08. The van der Waals surface area contributed by atoms with Gasteiger partial charge in [-0.3, -0.25) is 4.79 Å². The standard InChI is InChI=1S/C12H18N2O5S2/c1-7(2)6-8(11(15)13-3)14-21(18,19)9-4-5-20-10(9)12(16)17/h4-5,7-8,14H,6H2,1-3H3,(H,13,15)(H,16,17). The minimum Gasteiger partial charge on any atom is -0.477 e. The maximum atomic E-state index is 12.3. The van der Waals surface area contributed by atoms with Crippen LogP contribution in [0.5, 0.6) is 0 Å². The molecule has 118 valence electrons. The SMILES string of the molecule is CNC(=O)C(CC(C)C)NS(=O)(=O)c1ccsc1C(=O)O. The fourth-order valence-electron chi connectivity index (χ4n) is 1.77. The van der Waals surface area contributed by atoms with Crippen LogP contribution in [-0.4, -0.2) is 38.5 Å². The number of thiophene rings is 1. The normalized spacial score (nSPS) is 13.1. The first-order valence-electron chi connectivity index (χ1n) is 6.23. The predicted octanol–water partition coefficient (Wildman–Crippen LogP) is 0.885. The minimum atomic E-state index is -4.07. The van der Waals surface area contributed by atoms with Gasteiger partial charge in [-0.1, -0.05) is 13.8 Å². The van der Waals surface area contributed by atoms with Crippen LogP contribution >= 0.6 is 11.3 Å². The van der Waals surface area contributed by atoms with Crippen molar-refractivity contribution < 1.29 is 23.1 Å². The van der Waals surface area contributed by atoms with Crippen LogP contribution in [-0.2, 0) is 14.8 Å². The fourth-order valence-corrected chi connectivity index (χ4v) is 4.24. The summed E-state index contributed by atoms with van der Waals surface area (Å²) < 4.78 is 26.8. The Kier molecular flexibility index (Phi) is 5.87. The number of aromatic carboxylic acids is 1. The highest BCUT2D eigenvalue weighted by Gasteiger charge is 2.29. The van der Waals surface area contributed by atoms with E-state index in [9.17, 15) is 18.0 Å². The monoisotopic (exact) mass is 334 g/mol. The second-order valence-corrected chi connectivity index (χ2v) is 7.44. The smallest absolute Gasteiger partial charge is 0.347 e. The lowest BCUT2D eigenvalue weighted by Gasteiger charge is -2.19. The fraction of sp³-hybridized carbons (Fsp3) is 0.500. The molecule has 0 saturated carbocycles. The molecule has 1 aromatic heterocycles. The van der Waals surface area contributed by atoms with Gasteiger partial charge in [0.15, 0.2) is 0 Å². The number of carbonyl (C=O) groups excluding carboxylic acids is 1. The number of hydrogen-bond donors (Lipinski definition) is 3. The zero-order valence-electron chi connectivity index (χ0n) is 11.9. The Morgan fingerprint density at radius 2 is 2.00 bits per heavy atom. The van der Waals surface area contributed by atoms with Crippen LogP contribution in [0.3, 0.4) is 0 Å². The number of likely N-dealkylation sites (N-methyl/N-ethyl adjacent to an activating group) is 1. The molecule has 0 saturated heterocycles. The number of sulfonamides is 1. The molecule has 1 aromatic rings. The molecule has 0 radical (unpaired) electrons. The number of amides is 1. The molecule has 21 heavy (non-hydrogen) atoms. The summed E-state index contributed by atoms with van der Waals surface area (Å²) in [5.41, 5.74) is 0. The van der Waals surface area contributed by atoms with Gasteiger partial charge in [0.1, 0.15) is 15.8 Å². The van der Waals surface area contributed by atoms with Crippen LogP contribution in [0.15, 0.2) is 16.3 Å². The van der Waals surface area contributed by atoms with Crippen molar-refractivity contribution in [2.75, 3.05) is 7.05 Å². The molecule has 0 spiro atoms. The third kappa shape index (κ3) is 4.51. The molecule has 0 aliphatic carbocycles. The number of carboxylic acid groups (broad SMARTS) is 1. The number of nitrogens with one attached hydrogen (secondary N) is 2. The lowest BCUT2D eigenvalue weighted by Crippen LogP contribution is -2.46. The van der Waals surface area contributed by atoms with E-state index in [-0.39, 0.29) is 15.7 Å². The summed E-state index contributed by atoms with van der Waals surface area (Å²) in [5, 5.41) is 12.8. The lowest BCUT2D eigenvalue weighted by atomic mass is 10.0. The van der Waals surface area contributed by atoms with Crippen LogP contribution in [0.25, 0.3) is 0 Å². The zero-order chi connectivity index (χ0) is 16.2. The Hall–Kier alpha value is -1.45. The van der Waals surface area contributed by atoms with Crippen LogP contribution in [0.1, 0.15) is 29.9 Å². The summed E-state index contributed by atoms with van der Waals surface area (Å²) in [6, 6.07) is 0.272. The highest BCUT2D eigenvalue weighted by molar-refractivity contribution is 7.89. The van der Waals surface area contributed by atoms with Gasteiger partial charge in [-0.25, -0.2) is 13.2 Å². The van der Waals surface area contributed by atoms with E-state index in [0.717, 1.165) is 11.3 Å². The molecule has 0 aromatic carbocycles. The third-order valence-corrected chi connectivity index (χ3v) is 5.23. The van der Waals surface area contributed by atoms with Crippen molar-refractivity contribution in [3.05, 3.63) is 16.3 Å². The Morgan fingerprint density at radius 1 is 1.38 bits per heavy atom. The van der Waals surface area contributed by atoms with Gasteiger partial charge in [-0.15, -0.1) is 11.3 Å². The largest absolute Gasteiger partial charge is 0.477 e. The molecule has 1 heterocycles. The maximum absolute atomic E-state index is 12.3. The summed E-state index contributed by atoms with van der Waals surface area (Å²) >= 11 is 0.820. The second kappa shape index (κ2) is 7.01.